The fraction of sp³-hybridized carbons (Fsp3) is 0.200. The number of benzene rings is 2. The molecule has 0 aliphatic carbocycles. The van der Waals surface area contributed by atoms with Crippen molar-refractivity contribution in [2.75, 3.05) is 17.7 Å². The smallest absolute Gasteiger partial charge is 0.0616 e. The van der Waals surface area contributed by atoms with Gasteiger partial charge in [-0.2, -0.15) is 0 Å². The number of rotatable bonds is 3. The van der Waals surface area contributed by atoms with E-state index in [1.165, 1.54) is 11.1 Å². The predicted octanol–water partition coefficient (Wildman–Crippen LogP) is 4.52. The molecule has 0 saturated heterocycles. The number of hydrogen-bond acceptors (Lipinski definition) is 2. The van der Waals surface area contributed by atoms with E-state index < -0.39 is 0 Å². The average Bonchev–Trinajstić information content (AvgIpc) is 2.36. The van der Waals surface area contributed by atoms with Crippen molar-refractivity contribution < 1.29 is 0 Å². The standard InChI is InChI=1S/C15H16Cl2N2/c1-10-3-5-11(6-4-10)9-19(2)15-8-13(17)12(16)7-14(15)18/h3-8H,9,18H2,1-2H3. The van der Waals surface area contributed by atoms with Crippen LogP contribution in [0, 0.1) is 6.92 Å². The van der Waals surface area contributed by atoms with Crippen LogP contribution in [0.25, 0.3) is 0 Å². The Bertz CT molecular complexity index is 579. The van der Waals surface area contributed by atoms with Gasteiger partial charge in [-0.05, 0) is 24.6 Å². The number of anilines is 2. The molecule has 0 atom stereocenters. The summed E-state index contributed by atoms with van der Waals surface area (Å²) in [6.45, 7) is 2.84. The van der Waals surface area contributed by atoms with Crippen molar-refractivity contribution in [3.05, 3.63) is 57.6 Å². The molecule has 0 unspecified atom stereocenters. The van der Waals surface area contributed by atoms with Crippen LogP contribution in [0.3, 0.4) is 0 Å². The average molecular weight is 295 g/mol. The SMILES string of the molecule is Cc1ccc(CN(C)c2cc(Cl)c(Cl)cc2N)cc1. The monoisotopic (exact) mass is 294 g/mol. The van der Waals surface area contributed by atoms with Crippen LogP contribution in [0.2, 0.25) is 10.0 Å². The van der Waals surface area contributed by atoms with Gasteiger partial charge in [0.05, 0.1) is 21.4 Å². The highest BCUT2D eigenvalue weighted by atomic mass is 35.5. The molecule has 2 rings (SSSR count). The number of nitrogens with zero attached hydrogens (tertiary/aromatic N) is 1. The maximum absolute atomic E-state index is 6.04. The first-order valence-corrected chi connectivity index (χ1v) is 6.74. The zero-order valence-corrected chi connectivity index (χ0v) is 12.5. The van der Waals surface area contributed by atoms with E-state index in [1.807, 2.05) is 7.05 Å². The molecule has 0 bridgehead atoms. The lowest BCUT2D eigenvalue weighted by Gasteiger charge is -2.22. The Hall–Kier alpha value is -1.38. The van der Waals surface area contributed by atoms with Crippen molar-refractivity contribution in [1.82, 2.24) is 0 Å². The molecular weight excluding hydrogens is 279 g/mol. The van der Waals surface area contributed by atoms with Crippen LogP contribution in [0.4, 0.5) is 11.4 Å². The molecule has 0 aliphatic rings. The number of aryl methyl sites for hydroxylation is 1. The Labute approximate surface area is 123 Å². The van der Waals surface area contributed by atoms with E-state index in [2.05, 4.69) is 36.1 Å². The summed E-state index contributed by atoms with van der Waals surface area (Å²) in [6, 6.07) is 11.9. The van der Waals surface area contributed by atoms with Crippen LogP contribution in [-0.2, 0) is 6.54 Å². The minimum Gasteiger partial charge on any atom is -0.397 e. The lowest BCUT2D eigenvalue weighted by atomic mass is 10.1. The molecule has 2 aromatic rings. The van der Waals surface area contributed by atoms with Crippen molar-refractivity contribution in [3.8, 4) is 0 Å². The summed E-state index contributed by atoms with van der Waals surface area (Å²) in [5.41, 5.74) is 9.97. The number of nitrogen functional groups attached to an aromatic ring is 1. The Morgan fingerprint density at radius 3 is 2.26 bits per heavy atom. The molecule has 0 amide bonds. The lowest BCUT2D eigenvalue weighted by molar-refractivity contribution is 0.924. The van der Waals surface area contributed by atoms with Crippen LogP contribution in [-0.4, -0.2) is 7.05 Å². The van der Waals surface area contributed by atoms with E-state index in [0.717, 1.165) is 12.2 Å². The highest BCUT2D eigenvalue weighted by Crippen LogP contribution is 2.33. The normalized spacial score (nSPS) is 10.5. The molecule has 0 aromatic heterocycles. The Morgan fingerprint density at radius 1 is 1.05 bits per heavy atom. The van der Waals surface area contributed by atoms with Gasteiger partial charge in [-0.15, -0.1) is 0 Å². The maximum atomic E-state index is 6.04. The highest BCUT2D eigenvalue weighted by Gasteiger charge is 2.09. The van der Waals surface area contributed by atoms with E-state index in [4.69, 9.17) is 28.9 Å². The van der Waals surface area contributed by atoms with Crippen molar-refractivity contribution in [2.24, 2.45) is 0 Å². The van der Waals surface area contributed by atoms with Crippen molar-refractivity contribution in [1.29, 1.82) is 0 Å². The van der Waals surface area contributed by atoms with E-state index in [9.17, 15) is 0 Å². The van der Waals surface area contributed by atoms with Gasteiger partial charge in [0, 0.05) is 13.6 Å². The number of halogens is 2. The zero-order valence-electron chi connectivity index (χ0n) is 11.0. The first kappa shape index (κ1) is 14.0. The molecule has 0 saturated carbocycles. The van der Waals surface area contributed by atoms with Gasteiger partial charge in [0.15, 0.2) is 0 Å². The van der Waals surface area contributed by atoms with Gasteiger partial charge in [-0.3, -0.25) is 0 Å². The number of hydrogen-bond donors (Lipinski definition) is 1. The molecule has 2 aromatic carbocycles. The third-order valence-corrected chi connectivity index (χ3v) is 3.74. The van der Waals surface area contributed by atoms with Crippen molar-refractivity contribution in [3.63, 3.8) is 0 Å². The van der Waals surface area contributed by atoms with Gasteiger partial charge in [-0.1, -0.05) is 53.0 Å². The molecule has 4 heteroatoms. The van der Waals surface area contributed by atoms with E-state index in [0.29, 0.717) is 15.7 Å². The topological polar surface area (TPSA) is 29.3 Å². The molecule has 0 spiro atoms. The quantitative estimate of drug-likeness (QED) is 0.843. The van der Waals surface area contributed by atoms with Gasteiger partial charge in [0.25, 0.3) is 0 Å². The summed E-state index contributed by atoms with van der Waals surface area (Å²) in [7, 11) is 1.98. The lowest BCUT2D eigenvalue weighted by Crippen LogP contribution is -2.17. The summed E-state index contributed by atoms with van der Waals surface area (Å²) < 4.78 is 0. The van der Waals surface area contributed by atoms with Crippen LogP contribution >= 0.6 is 23.2 Å². The molecule has 19 heavy (non-hydrogen) atoms. The summed E-state index contributed by atoms with van der Waals surface area (Å²) in [6.07, 6.45) is 0. The summed E-state index contributed by atoms with van der Waals surface area (Å²) in [4.78, 5) is 2.06. The molecule has 2 nitrogen and oxygen atoms in total. The first-order valence-electron chi connectivity index (χ1n) is 5.98. The molecule has 0 aliphatic heterocycles. The van der Waals surface area contributed by atoms with E-state index in [1.54, 1.807) is 12.1 Å². The highest BCUT2D eigenvalue weighted by molar-refractivity contribution is 6.42. The Kier molecular flexibility index (Phi) is 4.23. The molecule has 2 N–H and O–H groups in total. The van der Waals surface area contributed by atoms with E-state index in [-0.39, 0.29) is 0 Å². The van der Waals surface area contributed by atoms with Crippen LogP contribution in [0.1, 0.15) is 11.1 Å². The van der Waals surface area contributed by atoms with Gasteiger partial charge < -0.3 is 10.6 Å². The van der Waals surface area contributed by atoms with Crippen LogP contribution in [0.5, 0.6) is 0 Å². The Balaban J connectivity index is 2.22. The van der Waals surface area contributed by atoms with E-state index >= 15 is 0 Å². The molecular formula is C15H16Cl2N2. The van der Waals surface area contributed by atoms with Crippen LogP contribution < -0.4 is 10.6 Å². The first-order chi connectivity index (χ1) is 8.97. The number of nitrogens with two attached hydrogens (primary N) is 1. The van der Waals surface area contributed by atoms with Crippen molar-refractivity contribution >= 4 is 34.6 Å². The second-order valence-corrected chi connectivity index (χ2v) is 5.48. The van der Waals surface area contributed by atoms with Gasteiger partial charge in [-0.25, -0.2) is 0 Å². The molecule has 0 fully saturated rings. The zero-order chi connectivity index (χ0) is 14.0. The van der Waals surface area contributed by atoms with Gasteiger partial charge >= 0.3 is 0 Å². The summed E-state index contributed by atoms with van der Waals surface area (Å²) in [5.74, 6) is 0. The summed E-state index contributed by atoms with van der Waals surface area (Å²) in [5, 5.41) is 0.994. The largest absolute Gasteiger partial charge is 0.397 e. The van der Waals surface area contributed by atoms with Crippen LogP contribution in [0.15, 0.2) is 36.4 Å². The molecule has 0 heterocycles. The third kappa shape index (κ3) is 3.34. The maximum Gasteiger partial charge on any atom is 0.0616 e. The minimum absolute atomic E-state index is 0.478. The fourth-order valence-electron chi connectivity index (χ4n) is 1.93. The third-order valence-electron chi connectivity index (χ3n) is 3.02. The minimum atomic E-state index is 0.478. The molecule has 100 valence electrons. The Morgan fingerprint density at radius 2 is 1.63 bits per heavy atom. The molecule has 0 radical (unpaired) electrons. The summed E-state index contributed by atoms with van der Waals surface area (Å²) >= 11 is 12.0. The predicted molar refractivity (Wildman–Crippen MR) is 84.2 cm³/mol. The fourth-order valence-corrected chi connectivity index (χ4v) is 2.26. The van der Waals surface area contributed by atoms with Gasteiger partial charge in [0.1, 0.15) is 0 Å². The second-order valence-electron chi connectivity index (χ2n) is 4.67. The van der Waals surface area contributed by atoms with Gasteiger partial charge in [0.2, 0.25) is 0 Å². The second kappa shape index (κ2) is 5.72. The van der Waals surface area contributed by atoms with Crippen molar-refractivity contribution in [2.45, 2.75) is 13.5 Å².